The van der Waals surface area contributed by atoms with Crippen molar-refractivity contribution in [2.24, 2.45) is 0 Å². The number of nitrogens with one attached hydrogen (secondary N) is 1. The largest absolute Gasteiger partial charge is 0.374 e. The Morgan fingerprint density at radius 3 is 3.05 bits per heavy atom. The van der Waals surface area contributed by atoms with E-state index in [9.17, 15) is 9.18 Å². The number of hydrogen-bond acceptors (Lipinski definition) is 3. The minimum Gasteiger partial charge on any atom is -0.374 e. The molecular formula is C14H19FN2O2. The average Bonchev–Trinajstić information content (AvgIpc) is 2.42. The Balaban J connectivity index is 2.03. The van der Waals surface area contributed by atoms with Gasteiger partial charge >= 0.3 is 0 Å². The maximum absolute atomic E-state index is 13.2. The Labute approximate surface area is 112 Å². The first-order valence-electron chi connectivity index (χ1n) is 6.42. The van der Waals surface area contributed by atoms with Gasteiger partial charge in [-0.2, -0.15) is 0 Å². The summed E-state index contributed by atoms with van der Waals surface area (Å²) in [4.78, 5) is 13.9. The van der Waals surface area contributed by atoms with Gasteiger partial charge in [-0.3, -0.25) is 4.79 Å². The Kier molecular flexibility index (Phi) is 4.50. The molecule has 19 heavy (non-hydrogen) atoms. The number of benzene rings is 1. The summed E-state index contributed by atoms with van der Waals surface area (Å²) in [6, 6.07) is 4.27. The van der Waals surface area contributed by atoms with E-state index >= 15 is 0 Å². The predicted molar refractivity (Wildman–Crippen MR) is 70.7 cm³/mol. The van der Waals surface area contributed by atoms with Crippen LogP contribution in [0, 0.1) is 12.7 Å². The van der Waals surface area contributed by atoms with Crippen LogP contribution in [0.1, 0.15) is 15.9 Å². The van der Waals surface area contributed by atoms with Gasteiger partial charge in [-0.15, -0.1) is 0 Å². The number of carbonyl (C=O) groups is 1. The summed E-state index contributed by atoms with van der Waals surface area (Å²) in [6.45, 7) is 4.55. The average molecular weight is 266 g/mol. The number of morpholine rings is 1. The number of hydrogen-bond donors (Lipinski definition) is 1. The van der Waals surface area contributed by atoms with Crippen LogP contribution in [0.4, 0.5) is 4.39 Å². The van der Waals surface area contributed by atoms with E-state index in [0.29, 0.717) is 18.7 Å². The number of aryl methyl sites for hydroxylation is 1. The summed E-state index contributed by atoms with van der Waals surface area (Å²) in [5.74, 6) is -0.566. The van der Waals surface area contributed by atoms with Gasteiger partial charge in [0.05, 0.1) is 12.7 Å². The molecule has 1 aromatic carbocycles. The lowest BCUT2D eigenvalue weighted by atomic mass is 10.1. The van der Waals surface area contributed by atoms with E-state index in [4.69, 9.17) is 4.74 Å². The van der Waals surface area contributed by atoms with Crippen molar-refractivity contribution in [2.45, 2.75) is 13.0 Å². The first-order chi connectivity index (χ1) is 9.08. The Morgan fingerprint density at radius 1 is 1.58 bits per heavy atom. The fourth-order valence-electron chi connectivity index (χ4n) is 2.16. The highest BCUT2D eigenvalue weighted by Crippen LogP contribution is 2.13. The van der Waals surface area contributed by atoms with Gasteiger partial charge < -0.3 is 15.0 Å². The summed E-state index contributed by atoms with van der Waals surface area (Å²) < 4.78 is 18.8. The molecule has 1 aliphatic heterocycles. The topological polar surface area (TPSA) is 41.6 Å². The Bertz CT molecular complexity index is 459. The molecule has 1 heterocycles. The minimum atomic E-state index is -0.391. The molecule has 4 nitrogen and oxygen atoms in total. The highest BCUT2D eigenvalue weighted by Gasteiger charge is 2.20. The van der Waals surface area contributed by atoms with E-state index in [1.54, 1.807) is 24.9 Å². The zero-order valence-electron chi connectivity index (χ0n) is 11.3. The van der Waals surface area contributed by atoms with Gasteiger partial charge in [0.15, 0.2) is 0 Å². The van der Waals surface area contributed by atoms with Gasteiger partial charge in [0.1, 0.15) is 5.82 Å². The molecule has 1 aromatic rings. The van der Waals surface area contributed by atoms with Crippen molar-refractivity contribution >= 4 is 5.91 Å². The van der Waals surface area contributed by atoms with Crippen molar-refractivity contribution in [3.8, 4) is 0 Å². The van der Waals surface area contributed by atoms with E-state index in [1.807, 2.05) is 0 Å². The fourth-order valence-corrected chi connectivity index (χ4v) is 2.16. The van der Waals surface area contributed by atoms with Gasteiger partial charge in [-0.1, -0.05) is 6.07 Å². The van der Waals surface area contributed by atoms with Gasteiger partial charge in [-0.25, -0.2) is 4.39 Å². The molecule has 0 spiro atoms. The highest BCUT2D eigenvalue weighted by molar-refractivity contribution is 5.95. The maximum atomic E-state index is 13.2. The predicted octanol–water partition coefficient (Wildman–Crippen LogP) is 1.19. The second-order valence-electron chi connectivity index (χ2n) is 4.84. The molecular weight excluding hydrogens is 247 g/mol. The third-order valence-electron chi connectivity index (χ3n) is 3.26. The first kappa shape index (κ1) is 14.0. The van der Waals surface area contributed by atoms with Gasteiger partial charge in [0.25, 0.3) is 5.91 Å². The lowest BCUT2D eigenvalue weighted by Crippen LogP contribution is -2.45. The molecule has 1 fully saturated rings. The van der Waals surface area contributed by atoms with Crippen LogP contribution in [0.3, 0.4) is 0 Å². The number of amides is 1. The quantitative estimate of drug-likeness (QED) is 0.893. The zero-order valence-corrected chi connectivity index (χ0v) is 11.3. The maximum Gasteiger partial charge on any atom is 0.254 e. The number of halogens is 1. The van der Waals surface area contributed by atoms with Crippen LogP contribution in [0.2, 0.25) is 0 Å². The molecule has 104 valence electrons. The molecule has 0 bridgehead atoms. The van der Waals surface area contributed by atoms with Crippen molar-refractivity contribution in [3.05, 3.63) is 35.1 Å². The second kappa shape index (κ2) is 6.12. The van der Waals surface area contributed by atoms with Crippen LogP contribution >= 0.6 is 0 Å². The summed E-state index contributed by atoms with van der Waals surface area (Å²) >= 11 is 0. The van der Waals surface area contributed by atoms with Gasteiger partial charge in [0.2, 0.25) is 0 Å². The Hall–Kier alpha value is -1.46. The molecule has 2 rings (SSSR count). The van der Waals surface area contributed by atoms with Gasteiger partial charge in [-0.05, 0) is 24.6 Å². The molecule has 0 aromatic heterocycles. The number of rotatable bonds is 3. The van der Waals surface area contributed by atoms with E-state index in [-0.39, 0.29) is 12.0 Å². The molecule has 0 saturated carbocycles. The molecule has 1 aliphatic rings. The fraction of sp³-hybridized carbons (Fsp3) is 0.500. The molecule has 1 unspecified atom stereocenters. The number of likely N-dealkylation sites (N-methyl/N-ethyl adjacent to an activating group) is 1. The normalized spacial score (nSPS) is 19.2. The van der Waals surface area contributed by atoms with Crippen molar-refractivity contribution in [3.63, 3.8) is 0 Å². The summed E-state index contributed by atoms with van der Waals surface area (Å²) in [5.41, 5.74) is 1.19. The lowest BCUT2D eigenvalue weighted by Gasteiger charge is -2.28. The van der Waals surface area contributed by atoms with E-state index in [1.165, 1.54) is 12.1 Å². The van der Waals surface area contributed by atoms with Crippen LogP contribution < -0.4 is 5.32 Å². The molecule has 1 amide bonds. The molecule has 0 radical (unpaired) electrons. The standard InChI is InChI=1S/C14H19FN2O2/c1-10-3-4-11(15)7-13(10)14(18)17(2)9-12-8-16-5-6-19-12/h3-4,7,12,16H,5-6,8-9H2,1-2H3. The van der Waals surface area contributed by atoms with Crippen LogP contribution in [0.15, 0.2) is 18.2 Å². The number of ether oxygens (including phenoxy) is 1. The number of nitrogens with zero attached hydrogens (tertiary/aromatic N) is 1. The molecule has 1 saturated heterocycles. The SMILES string of the molecule is Cc1ccc(F)cc1C(=O)N(C)CC1CNCCO1. The third-order valence-corrected chi connectivity index (χ3v) is 3.26. The third kappa shape index (κ3) is 3.52. The smallest absolute Gasteiger partial charge is 0.254 e. The van der Waals surface area contributed by atoms with Crippen molar-refractivity contribution in [1.29, 1.82) is 0 Å². The van der Waals surface area contributed by atoms with Crippen molar-refractivity contribution < 1.29 is 13.9 Å². The second-order valence-corrected chi connectivity index (χ2v) is 4.84. The molecule has 0 aliphatic carbocycles. The summed E-state index contributed by atoms with van der Waals surface area (Å²) in [5, 5.41) is 3.22. The van der Waals surface area contributed by atoms with Crippen LogP contribution in [-0.2, 0) is 4.74 Å². The van der Waals surface area contributed by atoms with E-state index < -0.39 is 5.82 Å². The zero-order chi connectivity index (χ0) is 13.8. The summed E-state index contributed by atoms with van der Waals surface area (Å²) in [7, 11) is 1.71. The van der Waals surface area contributed by atoms with Crippen molar-refractivity contribution in [2.75, 3.05) is 33.3 Å². The van der Waals surface area contributed by atoms with Gasteiger partial charge in [0, 0.05) is 32.2 Å². The minimum absolute atomic E-state index is 0.00318. The van der Waals surface area contributed by atoms with E-state index in [2.05, 4.69) is 5.32 Å². The summed E-state index contributed by atoms with van der Waals surface area (Å²) in [6.07, 6.45) is -0.00318. The first-order valence-corrected chi connectivity index (χ1v) is 6.42. The molecule has 1 N–H and O–H groups in total. The number of carbonyl (C=O) groups excluding carboxylic acids is 1. The van der Waals surface area contributed by atoms with Crippen molar-refractivity contribution in [1.82, 2.24) is 10.2 Å². The van der Waals surface area contributed by atoms with Crippen LogP contribution in [0.25, 0.3) is 0 Å². The highest BCUT2D eigenvalue weighted by atomic mass is 19.1. The lowest BCUT2D eigenvalue weighted by molar-refractivity contribution is 0.0103. The monoisotopic (exact) mass is 266 g/mol. The molecule has 1 atom stereocenters. The molecule has 5 heteroatoms. The Morgan fingerprint density at radius 2 is 2.37 bits per heavy atom. The van der Waals surface area contributed by atoms with Crippen LogP contribution in [0.5, 0.6) is 0 Å². The van der Waals surface area contributed by atoms with Crippen LogP contribution in [-0.4, -0.2) is 50.2 Å². The van der Waals surface area contributed by atoms with E-state index in [0.717, 1.165) is 18.7 Å².